The Labute approximate surface area is 145 Å². The van der Waals surface area contributed by atoms with Gasteiger partial charge >= 0.3 is 0 Å². The Morgan fingerprint density at radius 2 is 2.12 bits per heavy atom. The highest BCUT2D eigenvalue weighted by atomic mass is 32.1. The molecule has 0 spiro atoms. The maximum Gasteiger partial charge on any atom is 0.273 e. The summed E-state index contributed by atoms with van der Waals surface area (Å²) in [7, 11) is 0. The molecule has 0 aromatic carbocycles. The molecule has 130 valence electrons. The standard InChI is InChI=1S/C16H23N5O2S/c1-10-5-7-21(8-6-10)9-13-11(2)17-16(24-13)18-15(23)12-3-4-14(22)20-19-12/h10H,3-9H2,1-2H3,(H,20,22)(H,17,18,23). The normalized spacial score (nSPS) is 19.8. The van der Waals surface area contributed by atoms with E-state index in [1.54, 1.807) is 0 Å². The Bertz CT molecular complexity index is 661. The fourth-order valence-corrected chi connectivity index (χ4v) is 3.86. The number of carbonyl (C=O) groups is 2. The SMILES string of the molecule is Cc1nc(NC(=O)C2=NNC(=O)CC2)sc1CN1CCC(C)CC1. The third-order valence-corrected chi connectivity index (χ3v) is 5.58. The predicted octanol–water partition coefficient (Wildman–Crippen LogP) is 1.89. The van der Waals surface area contributed by atoms with Crippen molar-refractivity contribution in [2.45, 2.75) is 46.1 Å². The van der Waals surface area contributed by atoms with Gasteiger partial charge in [-0.15, -0.1) is 11.3 Å². The van der Waals surface area contributed by atoms with Crippen LogP contribution in [-0.4, -0.2) is 40.5 Å². The molecule has 0 saturated carbocycles. The second-order valence-electron chi connectivity index (χ2n) is 6.53. The van der Waals surface area contributed by atoms with Gasteiger partial charge in [0, 0.05) is 24.3 Å². The number of aromatic nitrogens is 1. The molecule has 2 amide bonds. The number of hydrogen-bond acceptors (Lipinski definition) is 6. The lowest BCUT2D eigenvalue weighted by Crippen LogP contribution is -2.32. The van der Waals surface area contributed by atoms with Gasteiger partial charge in [-0.1, -0.05) is 6.92 Å². The van der Waals surface area contributed by atoms with Crippen molar-refractivity contribution in [3.05, 3.63) is 10.6 Å². The first kappa shape index (κ1) is 17.0. The van der Waals surface area contributed by atoms with E-state index in [0.717, 1.165) is 31.2 Å². The van der Waals surface area contributed by atoms with Gasteiger partial charge < -0.3 is 0 Å². The van der Waals surface area contributed by atoms with Crippen molar-refractivity contribution in [3.8, 4) is 0 Å². The molecule has 0 aliphatic carbocycles. The van der Waals surface area contributed by atoms with Crippen molar-refractivity contribution in [2.24, 2.45) is 11.0 Å². The average molecular weight is 349 g/mol. The minimum atomic E-state index is -0.290. The second-order valence-corrected chi connectivity index (χ2v) is 7.62. The highest BCUT2D eigenvalue weighted by Crippen LogP contribution is 2.26. The summed E-state index contributed by atoms with van der Waals surface area (Å²) in [6.07, 6.45) is 3.14. The number of likely N-dealkylation sites (tertiary alicyclic amines) is 1. The summed E-state index contributed by atoms with van der Waals surface area (Å²) in [6.45, 7) is 7.42. The Morgan fingerprint density at radius 1 is 1.38 bits per heavy atom. The number of amides is 2. The van der Waals surface area contributed by atoms with Crippen LogP contribution in [0.3, 0.4) is 0 Å². The highest BCUT2D eigenvalue weighted by Gasteiger charge is 2.21. The number of aryl methyl sites for hydroxylation is 1. The number of piperidine rings is 1. The molecule has 24 heavy (non-hydrogen) atoms. The van der Waals surface area contributed by atoms with Gasteiger partial charge in [0.05, 0.1) is 5.69 Å². The highest BCUT2D eigenvalue weighted by molar-refractivity contribution is 7.16. The van der Waals surface area contributed by atoms with Gasteiger partial charge in [0.2, 0.25) is 5.91 Å². The first-order valence-corrected chi connectivity index (χ1v) is 9.18. The second kappa shape index (κ2) is 7.40. The van der Waals surface area contributed by atoms with Crippen molar-refractivity contribution in [1.82, 2.24) is 15.3 Å². The van der Waals surface area contributed by atoms with Gasteiger partial charge in [0.1, 0.15) is 5.71 Å². The average Bonchev–Trinajstić information content (AvgIpc) is 2.89. The van der Waals surface area contributed by atoms with E-state index in [1.807, 2.05) is 6.92 Å². The molecule has 1 fully saturated rings. The Balaban J connectivity index is 1.59. The summed E-state index contributed by atoms with van der Waals surface area (Å²) in [5, 5.41) is 7.20. The number of anilines is 1. The van der Waals surface area contributed by atoms with Gasteiger partial charge in [-0.3, -0.25) is 19.8 Å². The van der Waals surface area contributed by atoms with Gasteiger partial charge in [0.15, 0.2) is 5.13 Å². The fraction of sp³-hybridized carbons (Fsp3) is 0.625. The van der Waals surface area contributed by atoms with Crippen LogP contribution in [0.1, 0.15) is 43.2 Å². The number of hydrogen-bond donors (Lipinski definition) is 2. The van der Waals surface area contributed by atoms with E-state index in [4.69, 9.17) is 0 Å². The van der Waals surface area contributed by atoms with E-state index < -0.39 is 0 Å². The van der Waals surface area contributed by atoms with E-state index in [2.05, 4.69) is 32.7 Å². The molecule has 3 rings (SSSR count). The summed E-state index contributed by atoms with van der Waals surface area (Å²) < 4.78 is 0. The number of thiazole rings is 1. The van der Waals surface area contributed by atoms with Crippen LogP contribution in [0.5, 0.6) is 0 Å². The summed E-state index contributed by atoms with van der Waals surface area (Å²) >= 11 is 1.52. The summed E-state index contributed by atoms with van der Waals surface area (Å²) in [5.41, 5.74) is 3.64. The van der Waals surface area contributed by atoms with Crippen LogP contribution in [0.4, 0.5) is 5.13 Å². The lowest BCUT2D eigenvalue weighted by Gasteiger charge is -2.29. The minimum Gasteiger partial charge on any atom is -0.298 e. The molecule has 0 unspecified atom stereocenters. The van der Waals surface area contributed by atoms with Crippen LogP contribution in [0.25, 0.3) is 0 Å². The number of nitrogens with zero attached hydrogens (tertiary/aromatic N) is 3. The van der Waals surface area contributed by atoms with E-state index in [-0.39, 0.29) is 11.8 Å². The van der Waals surface area contributed by atoms with E-state index in [1.165, 1.54) is 29.1 Å². The summed E-state index contributed by atoms with van der Waals surface area (Å²) in [5.74, 6) is 0.368. The molecule has 2 aliphatic heterocycles. The van der Waals surface area contributed by atoms with Crippen LogP contribution >= 0.6 is 11.3 Å². The quantitative estimate of drug-likeness (QED) is 0.869. The predicted molar refractivity (Wildman–Crippen MR) is 94.0 cm³/mol. The van der Waals surface area contributed by atoms with E-state index in [0.29, 0.717) is 23.7 Å². The Kier molecular flexibility index (Phi) is 5.25. The molecule has 3 heterocycles. The maximum absolute atomic E-state index is 12.2. The molecule has 8 heteroatoms. The lowest BCUT2D eigenvalue weighted by molar-refractivity contribution is -0.121. The van der Waals surface area contributed by atoms with Crippen molar-refractivity contribution < 1.29 is 9.59 Å². The zero-order valence-electron chi connectivity index (χ0n) is 14.1. The Morgan fingerprint density at radius 3 is 2.79 bits per heavy atom. The maximum atomic E-state index is 12.2. The number of hydrazone groups is 1. The third kappa shape index (κ3) is 4.18. The topological polar surface area (TPSA) is 86.7 Å². The summed E-state index contributed by atoms with van der Waals surface area (Å²) in [6, 6.07) is 0. The molecular formula is C16H23N5O2S. The van der Waals surface area contributed by atoms with Crippen molar-refractivity contribution in [1.29, 1.82) is 0 Å². The summed E-state index contributed by atoms with van der Waals surface area (Å²) in [4.78, 5) is 31.4. The molecule has 0 bridgehead atoms. The van der Waals surface area contributed by atoms with Crippen molar-refractivity contribution >= 4 is 34.0 Å². The zero-order chi connectivity index (χ0) is 17.1. The number of rotatable bonds is 4. The largest absolute Gasteiger partial charge is 0.298 e. The zero-order valence-corrected chi connectivity index (χ0v) is 14.9. The molecule has 2 N–H and O–H groups in total. The third-order valence-electron chi connectivity index (χ3n) is 4.52. The first-order chi connectivity index (χ1) is 11.5. The molecule has 1 aromatic rings. The van der Waals surface area contributed by atoms with Gasteiger partial charge in [-0.25, -0.2) is 10.4 Å². The Hall–Kier alpha value is -1.80. The monoisotopic (exact) mass is 349 g/mol. The molecule has 1 aromatic heterocycles. The fourth-order valence-electron chi connectivity index (χ4n) is 2.86. The number of carbonyl (C=O) groups excluding carboxylic acids is 2. The smallest absolute Gasteiger partial charge is 0.273 e. The van der Waals surface area contributed by atoms with Crippen molar-refractivity contribution in [2.75, 3.05) is 18.4 Å². The van der Waals surface area contributed by atoms with Crippen LogP contribution < -0.4 is 10.7 Å². The van der Waals surface area contributed by atoms with E-state index in [9.17, 15) is 9.59 Å². The van der Waals surface area contributed by atoms with Gasteiger partial charge in [-0.2, -0.15) is 5.10 Å². The molecule has 1 saturated heterocycles. The lowest BCUT2D eigenvalue weighted by atomic mass is 9.99. The van der Waals surface area contributed by atoms with E-state index >= 15 is 0 Å². The molecule has 0 atom stereocenters. The van der Waals surface area contributed by atoms with Crippen LogP contribution in [0.2, 0.25) is 0 Å². The molecule has 7 nitrogen and oxygen atoms in total. The minimum absolute atomic E-state index is 0.158. The molecule has 0 radical (unpaired) electrons. The van der Waals surface area contributed by atoms with Gasteiger partial charge in [-0.05, 0) is 38.8 Å². The van der Waals surface area contributed by atoms with Gasteiger partial charge in [0.25, 0.3) is 5.91 Å². The molecule has 2 aliphatic rings. The van der Waals surface area contributed by atoms with Crippen molar-refractivity contribution in [3.63, 3.8) is 0 Å². The van der Waals surface area contributed by atoms with Crippen LogP contribution in [0, 0.1) is 12.8 Å². The van der Waals surface area contributed by atoms with Crippen LogP contribution in [-0.2, 0) is 16.1 Å². The first-order valence-electron chi connectivity index (χ1n) is 8.36. The van der Waals surface area contributed by atoms with Crippen LogP contribution in [0.15, 0.2) is 5.10 Å². The number of nitrogens with one attached hydrogen (secondary N) is 2. The molecular weight excluding hydrogens is 326 g/mol.